The summed E-state index contributed by atoms with van der Waals surface area (Å²) in [5, 5.41) is 0. The Morgan fingerprint density at radius 1 is 0.708 bits per heavy atom. The smallest absolute Gasteiger partial charge is 0.119 e. The van der Waals surface area contributed by atoms with Gasteiger partial charge in [0.15, 0.2) is 0 Å². The molecular weight excluding hydrogens is 296 g/mol. The van der Waals surface area contributed by atoms with Crippen molar-refractivity contribution in [1.82, 2.24) is 0 Å². The van der Waals surface area contributed by atoms with Gasteiger partial charge in [0, 0.05) is 11.8 Å². The topological polar surface area (TPSA) is 18.5 Å². The molecule has 122 valence electrons. The summed E-state index contributed by atoms with van der Waals surface area (Å²) in [7, 11) is 3.44. The third-order valence-corrected chi connectivity index (χ3v) is 5.19. The Morgan fingerprint density at radius 2 is 1.17 bits per heavy atom. The SMILES string of the molecule is COc1ccc2c(c1)C=CC2CCC1C=Cc2cc(OC)ccc21. The maximum absolute atomic E-state index is 5.32. The normalized spacial score (nSPS) is 20.1. The van der Waals surface area contributed by atoms with Crippen LogP contribution in [-0.4, -0.2) is 14.2 Å². The number of hydrogen-bond acceptors (Lipinski definition) is 2. The number of benzene rings is 2. The molecule has 0 amide bonds. The van der Waals surface area contributed by atoms with Gasteiger partial charge in [-0.2, -0.15) is 0 Å². The lowest BCUT2D eigenvalue weighted by atomic mass is 9.89. The van der Waals surface area contributed by atoms with Gasteiger partial charge in [0.2, 0.25) is 0 Å². The van der Waals surface area contributed by atoms with Gasteiger partial charge in [0.05, 0.1) is 14.2 Å². The van der Waals surface area contributed by atoms with Gasteiger partial charge < -0.3 is 9.47 Å². The molecule has 2 aromatic rings. The molecule has 0 fully saturated rings. The Morgan fingerprint density at radius 3 is 1.58 bits per heavy atom. The average molecular weight is 318 g/mol. The van der Waals surface area contributed by atoms with Gasteiger partial charge in [-0.3, -0.25) is 0 Å². The van der Waals surface area contributed by atoms with E-state index in [1.807, 2.05) is 0 Å². The number of ether oxygens (including phenoxy) is 2. The molecule has 0 spiro atoms. The molecule has 0 heterocycles. The minimum Gasteiger partial charge on any atom is -0.497 e. The van der Waals surface area contributed by atoms with Crippen LogP contribution in [0, 0.1) is 0 Å². The predicted molar refractivity (Wildman–Crippen MR) is 98.8 cm³/mol. The summed E-state index contributed by atoms with van der Waals surface area (Å²) in [5.41, 5.74) is 5.44. The predicted octanol–water partition coefficient (Wildman–Crippen LogP) is 5.41. The van der Waals surface area contributed by atoms with Gasteiger partial charge in [0.25, 0.3) is 0 Å². The maximum atomic E-state index is 5.32. The van der Waals surface area contributed by atoms with E-state index in [-0.39, 0.29) is 0 Å². The van der Waals surface area contributed by atoms with E-state index >= 15 is 0 Å². The fraction of sp³-hybridized carbons (Fsp3) is 0.273. The highest BCUT2D eigenvalue weighted by Crippen LogP contribution is 2.40. The number of fused-ring (bicyclic) bond motifs is 2. The Balaban J connectivity index is 1.46. The van der Waals surface area contributed by atoms with Crippen LogP contribution in [-0.2, 0) is 0 Å². The average Bonchev–Trinajstić information content (AvgIpc) is 3.22. The van der Waals surface area contributed by atoms with Crippen LogP contribution in [0.5, 0.6) is 11.5 Å². The van der Waals surface area contributed by atoms with Crippen LogP contribution in [0.15, 0.2) is 48.6 Å². The zero-order valence-corrected chi connectivity index (χ0v) is 14.2. The Kier molecular flexibility index (Phi) is 3.89. The molecule has 24 heavy (non-hydrogen) atoms. The molecule has 2 heteroatoms. The number of rotatable bonds is 5. The quantitative estimate of drug-likeness (QED) is 0.734. The first-order chi connectivity index (χ1) is 11.8. The van der Waals surface area contributed by atoms with Crippen molar-refractivity contribution >= 4 is 12.2 Å². The van der Waals surface area contributed by atoms with E-state index in [4.69, 9.17) is 9.47 Å². The highest BCUT2D eigenvalue weighted by atomic mass is 16.5. The Bertz CT molecular complexity index is 747. The van der Waals surface area contributed by atoms with E-state index in [0.717, 1.165) is 24.3 Å². The molecular formula is C22H22O2. The first-order valence-electron chi connectivity index (χ1n) is 8.51. The zero-order chi connectivity index (χ0) is 16.5. The number of methoxy groups -OCH3 is 2. The van der Waals surface area contributed by atoms with E-state index < -0.39 is 0 Å². The fourth-order valence-electron chi connectivity index (χ4n) is 3.83. The summed E-state index contributed by atoms with van der Waals surface area (Å²) in [4.78, 5) is 0. The first kappa shape index (κ1) is 15.1. The van der Waals surface area contributed by atoms with Gasteiger partial charge in [-0.25, -0.2) is 0 Å². The summed E-state index contributed by atoms with van der Waals surface area (Å²) < 4.78 is 10.6. The van der Waals surface area contributed by atoms with Crippen molar-refractivity contribution in [3.63, 3.8) is 0 Å². The Labute approximate surface area is 143 Å². The molecule has 0 aliphatic heterocycles. The fourth-order valence-corrected chi connectivity index (χ4v) is 3.83. The second-order valence-electron chi connectivity index (χ2n) is 6.50. The Hall–Kier alpha value is -2.48. The van der Waals surface area contributed by atoms with Gasteiger partial charge >= 0.3 is 0 Å². The minimum atomic E-state index is 0.515. The molecule has 0 saturated carbocycles. The molecule has 0 bridgehead atoms. The van der Waals surface area contributed by atoms with Crippen molar-refractivity contribution < 1.29 is 9.47 Å². The first-order valence-corrected chi connectivity index (χ1v) is 8.51. The van der Waals surface area contributed by atoms with E-state index in [1.54, 1.807) is 14.2 Å². The van der Waals surface area contributed by atoms with E-state index in [1.165, 1.54) is 22.3 Å². The van der Waals surface area contributed by atoms with Gasteiger partial charge in [-0.15, -0.1) is 0 Å². The number of allylic oxidation sites excluding steroid dienone is 2. The van der Waals surface area contributed by atoms with Crippen molar-refractivity contribution in [2.24, 2.45) is 0 Å². The molecule has 0 N–H and O–H groups in total. The van der Waals surface area contributed by atoms with Crippen molar-refractivity contribution in [3.05, 3.63) is 70.8 Å². The van der Waals surface area contributed by atoms with E-state index in [2.05, 4.69) is 60.7 Å². The molecule has 4 rings (SSSR count). The summed E-state index contributed by atoms with van der Waals surface area (Å²) in [6.07, 6.45) is 11.4. The van der Waals surface area contributed by atoms with E-state index in [0.29, 0.717) is 11.8 Å². The highest BCUT2D eigenvalue weighted by Gasteiger charge is 2.22. The molecule has 2 aromatic carbocycles. The minimum absolute atomic E-state index is 0.515. The van der Waals surface area contributed by atoms with Gasteiger partial charge in [-0.1, -0.05) is 36.4 Å². The molecule has 2 aliphatic rings. The van der Waals surface area contributed by atoms with E-state index in [9.17, 15) is 0 Å². The summed E-state index contributed by atoms with van der Waals surface area (Å²) in [6, 6.07) is 12.8. The molecule has 2 nitrogen and oxygen atoms in total. The van der Waals surface area contributed by atoms with Crippen LogP contribution < -0.4 is 9.47 Å². The standard InChI is InChI=1S/C22H22O2/c1-23-19-9-11-21-15(5-7-17(21)13-19)3-4-16-6-8-18-14-20(24-2)10-12-22(16)18/h5-16H,3-4H2,1-2H3. The van der Waals surface area contributed by atoms with Crippen molar-refractivity contribution in [2.45, 2.75) is 24.7 Å². The largest absolute Gasteiger partial charge is 0.497 e. The second-order valence-corrected chi connectivity index (χ2v) is 6.50. The van der Waals surface area contributed by atoms with Crippen LogP contribution in [0.25, 0.3) is 12.2 Å². The lowest BCUT2D eigenvalue weighted by molar-refractivity contribution is 0.414. The van der Waals surface area contributed by atoms with Crippen molar-refractivity contribution in [3.8, 4) is 11.5 Å². The third-order valence-electron chi connectivity index (χ3n) is 5.19. The molecule has 0 saturated heterocycles. The summed E-state index contributed by atoms with van der Waals surface area (Å²) in [6.45, 7) is 0. The van der Waals surface area contributed by atoms with Crippen molar-refractivity contribution in [2.75, 3.05) is 14.2 Å². The monoisotopic (exact) mass is 318 g/mol. The second kappa shape index (κ2) is 6.20. The van der Waals surface area contributed by atoms with Crippen LogP contribution in [0.4, 0.5) is 0 Å². The highest BCUT2D eigenvalue weighted by molar-refractivity contribution is 5.65. The zero-order valence-electron chi connectivity index (χ0n) is 14.2. The molecule has 0 aromatic heterocycles. The van der Waals surface area contributed by atoms with Crippen LogP contribution >= 0.6 is 0 Å². The van der Waals surface area contributed by atoms with Crippen LogP contribution in [0.2, 0.25) is 0 Å². The molecule has 2 unspecified atom stereocenters. The lowest BCUT2D eigenvalue weighted by Gasteiger charge is -2.16. The van der Waals surface area contributed by atoms with Gasteiger partial charge in [-0.05, 0) is 59.4 Å². The lowest BCUT2D eigenvalue weighted by Crippen LogP contribution is -1.99. The van der Waals surface area contributed by atoms with Crippen LogP contribution in [0.1, 0.15) is 46.9 Å². The molecule has 0 radical (unpaired) electrons. The third kappa shape index (κ3) is 2.62. The number of hydrogen-bond donors (Lipinski definition) is 0. The summed E-state index contributed by atoms with van der Waals surface area (Å²) >= 11 is 0. The molecule has 2 atom stereocenters. The maximum Gasteiger partial charge on any atom is 0.119 e. The summed E-state index contributed by atoms with van der Waals surface area (Å²) in [5.74, 6) is 2.89. The van der Waals surface area contributed by atoms with Gasteiger partial charge in [0.1, 0.15) is 11.5 Å². The van der Waals surface area contributed by atoms with Crippen LogP contribution in [0.3, 0.4) is 0 Å². The van der Waals surface area contributed by atoms with Crippen molar-refractivity contribution in [1.29, 1.82) is 0 Å². The molecule has 2 aliphatic carbocycles.